The third kappa shape index (κ3) is 18.4. The van der Waals surface area contributed by atoms with Crippen molar-refractivity contribution in [3.8, 4) is 0 Å². The van der Waals surface area contributed by atoms with Crippen molar-refractivity contribution < 1.29 is 4.74 Å². The summed E-state index contributed by atoms with van der Waals surface area (Å²) < 4.78 is 5.70. The normalized spacial score (nSPS) is 11.6. The van der Waals surface area contributed by atoms with Gasteiger partial charge in [-0.3, -0.25) is 0 Å². The van der Waals surface area contributed by atoms with Crippen LogP contribution >= 0.6 is 0 Å². The maximum atomic E-state index is 5.70. The SMILES string of the molecule is CC(C)CCOC(C)(C)CCN.CC(C)CN. The maximum Gasteiger partial charge on any atom is 0.0638 e. The Kier molecular flexibility index (Phi) is 12.4. The average Bonchev–Trinajstić information content (AvgIpc) is 2.17. The van der Waals surface area contributed by atoms with Crippen LogP contribution in [0.4, 0.5) is 0 Å². The molecule has 4 N–H and O–H groups in total. The van der Waals surface area contributed by atoms with Gasteiger partial charge in [0.25, 0.3) is 0 Å². The van der Waals surface area contributed by atoms with E-state index in [9.17, 15) is 0 Å². The summed E-state index contributed by atoms with van der Waals surface area (Å²) in [6.45, 7) is 15.2. The first-order chi connectivity index (χ1) is 7.75. The van der Waals surface area contributed by atoms with Gasteiger partial charge >= 0.3 is 0 Å². The van der Waals surface area contributed by atoms with Gasteiger partial charge in [0.05, 0.1) is 5.60 Å². The standard InChI is InChI=1S/C10H23NO.C4H11N/c1-9(2)5-8-12-10(3,4)6-7-11;1-4(2)3-5/h9H,5-8,11H2,1-4H3;4H,3,5H2,1-2H3. The minimum absolute atomic E-state index is 0.0381. The third-order valence-electron chi connectivity index (χ3n) is 2.41. The lowest BCUT2D eigenvalue weighted by molar-refractivity contribution is -0.0259. The molecule has 0 aliphatic carbocycles. The first-order valence-corrected chi connectivity index (χ1v) is 6.79. The highest BCUT2D eigenvalue weighted by atomic mass is 16.5. The van der Waals surface area contributed by atoms with Crippen LogP contribution < -0.4 is 11.5 Å². The second-order valence-corrected chi connectivity index (χ2v) is 5.96. The van der Waals surface area contributed by atoms with E-state index in [4.69, 9.17) is 16.2 Å². The third-order valence-corrected chi connectivity index (χ3v) is 2.41. The van der Waals surface area contributed by atoms with E-state index in [2.05, 4.69) is 41.5 Å². The van der Waals surface area contributed by atoms with Crippen LogP contribution in [0.5, 0.6) is 0 Å². The first-order valence-electron chi connectivity index (χ1n) is 6.79. The van der Waals surface area contributed by atoms with Crippen LogP contribution in [0.1, 0.15) is 54.4 Å². The summed E-state index contributed by atoms with van der Waals surface area (Å²) in [5, 5.41) is 0. The van der Waals surface area contributed by atoms with Crippen molar-refractivity contribution >= 4 is 0 Å². The van der Waals surface area contributed by atoms with Crippen molar-refractivity contribution in [2.24, 2.45) is 23.3 Å². The van der Waals surface area contributed by atoms with Gasteiger partial charge in [-0.1, -0.05) is 27.7 Å². The molecule has 0 amide bonds. The van der Waals surface area contributed by atoms with Crippen molar-refractivity contribution in [1.82, 2.24) is 0 Å². The van der Waals surface area contributed by atoms with Gasteiger partial charge < -0.3 is 16.2 Å². The molecule has 0 bridgehead atoms. The summed E-state index contributed by atoms with van der Waals surface area (Å²) in [6, 6.07) is 0. The molecule has 0 heterocycles. The second kappa shape index (κ2) is 11.0. The van der Waals surface area contributed by atoms with E-state index in [1.54, 1.807) is 0 Å². The van der Waals surface area contributed by atoms with Crippen LogP contribution in [0.25, 0.3) is 0 Å². The lowest BCUT2D eigenvalue weighted by Gasteiger charge is -2.25. The van der Waals surface area contributed by atoms with E-state index in [0.717, 1.165) is 31.9 Å². The topological polar surface area (TPSA) is 61.3 Å². The highest BCUT2D eigenvalue weighted by Crippen LogP contribution is 2.14. The smallest absolute Gasteiger partial charge is 0.0638 e. The van der Waals surface area contributed by atoms with Crippen LogP contribution in [-0.4, -0.2) is 25.3 Å². The fourth-order valence-corrected chi connectivity index (χ4v) is 0.991. The fourth-order valence-electron chi connectivity index (χ4n) is 0.991. The summed E-state index contributed by atoms with van der Waals surface area (Å²) in [6.07, 6.45) is 2.07. The fraction of sp³-hybridized carbons (Fsp3) is 1.00. The molecule has 0 aliphatic rings. The van der Waals surface area contributed by atoms with Gasteiger partial charge in [-0.05, 0) is 51.6 Å². The van der Waals surface area contributed by atoms with Crippen molar-refractivity contribution in [1.29, 1.82) is 0 Å². The Hall–Kier alpha value is -0.120. The molecule has 0 fully saturated rings. The molecule has 0 atom stereocenters. The molecule has 106 valence electrons. The van der Waals surface area contributed by atoms with Crippen molar-refractivity contribution in [3.05, 3.63) is 0 Å². The Balaban J connectivity index is 0. The van der Waals surface area contributed by atoms with Gasteiger partial charge in [-0.2, -0.15) is 0 Å². The predicted octanol–water partition coefficient (Wildman–Crippen LogP) is 2.78. The largest absolute Gasteiger partial charge is 0.376 e. The highest BCUT2D eigenvalue weighted by Gasteiger charge is 2.16. The van der Waals surface area contributed by atoms with Crippen LogP contribution in [0.15, 0.2) is 0 Å². The molecule has 3 nitrogen and oxygen atoms in total. The lowest BCUT2D eigenvalue weighted by atomic mass is 10.1. The molecule has 0 saturated heterocycles. The molecule has 0 unspecified atom stereocenters. The van der Waals surface area contributed by atoms with E-state index in [-0.39, 0.29) is 5.60 Å². The lowest BCUT2D eigenvalue weighted by Crippen LogP contribution is -2.28. The molecule has 0 aromatic rings. The zero-order chi connectivity index (χ0) is 13.9. The zero-order valence-corrected chi connectivity index (χ0v) is 12.8. The average molecular weight is 246 g/mol. The van der Waals surface area contributed by atoms with Gasteiger partial charge in [-0.15, -0.1) is 0 Å². The van der Waals surface area contributed by atoms with E-state index in [0.29, 0.717) is 12.5 Å². The summed E-state index contributed by atoms with van der Waals surface area (Å²) in [7, 11) is 0. The Morgan fingerprint density at radius 1 is 1.00 bits per heavy atom. The Bertz CT molecular complexity index is 156. The molecular weight excluding hydrogens is 212 g/mol. The van der Waals surface area contributed by atoms with Gasteiger partial charge in [0, 0.05) is 6.61 Å². The van der Waals surface area contributed by atoms with Gasteiger partial charge in [0.2, 0.25) is 0 Å². The first kappa shape index (κ1) is 19.2. The van der Waals surface area contributed by atoms with Crippen LogP contribution in [0, 0.1) is 11.8 Å². The number of nitrogens with two attached hydrogens (primary N) is 2. The number of hydrogen-bond donors (Lipinski definition) is 2. The minimum atomic E-state index is -0.0381. The van der Waals surface area contributed by atoms with Gasteiger partial charge in [0.15, 0.2) is 0 Å². The Morgan fingerprint density at radius 3 is 1.76 bits per heavy atom. The van der Waals surface area contributed by atoms with Crippen LogP contribution in [0.2, 0.25) is 0 Å². The van der Waals surface area contributed by atoms with Gasteiger partial charge in [-0.25, -0.2) is 0 Å². The maximum absolute atomic E-state index is 5.70. The summed E-state index contributed by atoms with van der Waals surface area (Å²) in [5.74, 6) is 1.38. The van der Waals surface area contributed by atoms with E-state index in [1.165, 1.54) is 0 Å². The van der Waals surface area contributed by atoms with E-state index in [1.807, 2.05) is 0 Å². The van der Waals surface area contributed by atoms with Crippen LogP contribution in [0.3, 0.4) is 0 Å². The molecular formula is C14H34N2O. The molecule has 0 saturated carbocycles. The summed E-state index contributed by atoms with van der Waals surface area (Å²) in [5.41, 5.74) is 10.6. The monoisotopic (exact) mass is 246 g/mol. The predicted molar refractivity (Wildman–Crippen MR) is 77.0 cm³/mol. The quantitative estimate of drug-likeness (QED) is 0.726. The van der Waals surface area contributed by atoms with Crippen molar-refractivity contribution in [3.63, 3.8) is 0 Å². The minimum Gasteiger partial charge on any atom is -0.376 e. The van der Waals surface area contributed by atoms with Gasteiger partial charge in [0.1, 0.15) is 0 Å². The molecule has 17 heavy (non-hydrogen) atoms. The summed E-state index contributed by atoms with van der Waals surface area (Å²) in [4.78, 5) is 0. The van der Waals surface area contributed by atoms with Crippen LogP contribution in [-0.2, 0) is 4.74 Å². The zero-order valence-electron chi connectivity index (χ0n) is 12.8. The van der Waals surface area contributed by atoms with E-state index < -0.39 is 0 Å². The highest BCUT2D eigenvalue weighted by molar-refractivity contribution is 4.68. The van der Waals surface area contributed by atoms with Crippen molar-refractivity contribution in [2.45, 2.75) is 60.0 Å². The number of rotatable bonds is 7. The molecule has 0 spiro atoms. The van der Waals surface area contributed by atoms with Crippen molar-refractivity contribution in [2.75, 3.05) is 19.7 Å². The molecule has 0 rings (SSSR count). The number of ether oxygens (including phenoxy) is 1. The molecule has 0 aliphatic heterocycles. The molecule has 0 aromatic heterocycles. The molecule has 0 radical (unpaired) electrons. The Labute approximate surface area is 108 Å². The molecule has 0 aromatic carbocycles. The summed E-state index contributed by atoms with van der Waals surface area (Å²) >= 11 is 0. The number of hydrogen-bond acceptors (Lipinski definition) is 3. The molecule has 3 heteroatoms. The second-order valence-electron chi connectivity index (χ2n) is 5.96. The Morgan fingerprint density at radius 2 is 1.47 bits per heavy atom. The van der Waals surface area contributed by atoms with E-state index >= 15 is 0 Å².